The van der Waals surface area contributed by atoms with E-state index in [1.807, 2.05) is 60.7 Å². The number of rotatable bonds is 4. The number of hydrogen-bond acceptors (Lipinski definition) is 3. The molecule has 0 N–H and O–H groups in total. The lowest BCUT2D eigenvalue weighted by atomic mass is 9.96. The van der Waals surface area contributed by atoms with Gasteiger partial charge in [-0.25, -0.2) is 4.99 Å². The van der Waals surface area contributed by atoms with E-state index in [0.717, 1.165) is 32.8 Å². The first-order chi connectivity index (χ1) is 15.2. The van der Waals surface area contributed by atoms with Gasteiger partial charge in [0.15, 0.2) is 5.17 Å². The Labute approximate surface area is 185 Å². The molecule has 5 rings (SSSR count). The average Bonchev–Trinajstić information content (AvgIpc) is 3.09. The molecule has 1 aliphatic heterocycles. The van der Waals surface area contributed by atoms with Gasteiger partial charge in [0.25, 0.3) is 5.91 Å². The third-order valence-electron chi connectivity index (χ3n) is 5.27. The molecule has 0 spiro atoms. The molecule has 1 heterocycles. The molecule has 0 aliphatic carbocycles. The fourth-order valence-electron chi connectivity index (χ4n) is 3.83. The highest BCUT2D eigenvalue weighted by atomic mass is 32.2. The Bertz CT molecular complexity index is 1320. The first kappa shape index (κ1) is 19.3. The molecule has 4 aromatic rings. The molecule has 1 amide bonds. The van der Waals surface area contributed by atoms with Crippen LogP contribution in [0.15, 0.2) is 107 Å². The van der Waals surface area contributed by atoms with E-state index in [0.29, 0.717) is 16.6 Å². The maximum Gasteiger partial charge on any atom is 0.267 e. The number of hydrogen-bond donors (Lipinski definition) is 0. The van der Waals surface area contributed by atoms with Gasteiger partial charge in [0.1, 0.15) is 0 Å². The van der Waals surface area contributed by atoms with E-state index in [1.165, 1.54) is 11.8 Å². The van der Waals surface area contributed by atoms with Crippen LogP contribution in [0.2, 0.25) is 0 Å². The quantitative estimate of drug-likeness (QED) is 0.207. The minimum atomic E-state index is -0.0448. The normalized spacial score (nSPS) is 16.6. The highest BCUT2D eigenvalue weighted by Crippen LogP contribution is 2.37. The SMILES string of the molecule is C=CCN1C(=O)/C(=C/c2c3ccccc3cc3ccccc23)SC1=Nc1ccccc1. The summed E-state index contributed by atoms with van der Waals surface area (Å²) in [4.78, 5) is 20.4. The molecule has 3 nitrogen and oxygen atoms in total. The van der Waals surface area contributed by atoms with Crippen molar-refractivity contribution in [1.82, 2.24) is 4.90 Å². The van der Waals surface area contributed by atoms with Gasteiger partial charge in [0.05, 0.1) is 10.6 Å². The lowest BCUT2D eigenvalue weighted by molar-refractivity contribution is -0.121. The summed E-state index contributed by atoms with van der Waals surface area (Å²) in [6.45, 7) is 4.24. The largest absolute Gasteiger partial charge is 0.283 e. The molecule has 0 unspecified atom stereocenters. The third-order valence-corrected chi connectivity index (χ3v) is 6.28. The summed E-state index contributed by atoms with van der Waals surface area (Å²) in [5.74, 6) is -0.0448. The minimum Gasteiger partial charge on any atom is -0.283 e. The maximum absolute atomic E-state index is 13.3. The number of amides is 1. The highest BCUT2D eigenvalue weighted by molar-refractivity contribution is 8.18. The number of nitrogens with zero attached hydrogens (tertiary/aromatic N) is 2. The minimum absolute atomic E-state index is 0.0448. The summed E-state index contributed by atoms with van der Waals surface area (Å²) in [6, 6.07) is 28.5. The Balaban J connectivity index is 1.67. The Morgan fingerprint density at radius 3 is 2.13 bits per heavy atom. The number of carbonyl (C=O) groups excluding carboxylic acids is 1. The Morgan fingerprint density at radius 2 is 1.48 bits per heavy atom. The average molecular weight is 421 g/mol. The topological polar surface area (TPSA) is 32.7 Å². The number of thioether (sulfide) groups is 1. The lowest BCUT2D eigenvalue weighted by Gasteiger charge is -2.12. The zero-order valence-corrected chi connectivity index (χ0v) is 17.7. The molecule has 1 saturated heterocycles. The molecule has 0 saturated carbocycles. The summed E-state index contributed by atoms with van der Waals surface area (Å²) < 4.78 is 0. The second-order valence-electron chi connectivity index (χ2n) is 7.28. The standard InChI is InChI=1S/C27H20N2OS/c1-2-16-29-26(30)25(31-27(29)28-21-12-4-3-5-13-21)18-24-22-14-8-6-10-19(22)17-20-11-7-9-15-23(20)24/h2-15,17-18H,1,16H2/b25-18-,28-27?. The molecule has 1 aliphatic rings. The molecule has 4 heteroatoms. The monoisotopic (exact) mass is 420 g/mol. The molecule has 4 aromatic carbocycles. The molecule has 31 heavy (non-hydrogen) atoms. The summed E-state index contributed by atoms with van der Waals surface area (Å²) in [5.41, 5.74) is 1.88. The Kier molecular flexibility index (Phi) is 5.14. The number of fused-ring (bicyclic) bond motifs is 2. The van der Waals surface area contributed by atoms with E-state index in [2.05, 4.69) is 36.9 Å². The summed E-state index contributed by atoms with van der Waals surface area (Å²) >= 11 is 1.41. The summed E-state index contributed by atoms with van der Waals surface area (Å²) in [6.07, 6.45) is 3.75. The van der Waals surface area contributed by atoms with Gasteiger partial charge in [0.2, 0.25) is 0 Å². The van der Waals surface area contributed by atoms with Crippen LogP contribution in [0.1, 0.15) is 5.56 Å². The van der Waals surface area contributed by atoms with Crippen LogP contribution in [0.4, 0.5) is 5.69 Å². The van der Waals surface area contributed by atoms with Gasteiger partial charge in [-0.05, 0) is 63.1 Å². The van der Waals surface area contributed by atoms with Crippen LogP contribution in [-0.2, 0) is 4.79 Å². The highest BCUT2D eigenvalue weighted by Gasteiger charge is 2.32. The number of aliphatic imine (C=N–C) groups is 1. The van der Waals surface area contributed by atoms with Gasteiger partial charge in [0, 0.05) is 6.54 Å². The third kappa shape index (κ3) is 3.66. The second-order valence-corrected chi connectivity index (χ2v) is 8.29. The molecule has 0 radical (unpaired) electrons. The van der Waals surface area contributed by atoms with Crippen LogP contribution >= 0.6 is 11.8 Å². The van der Waals surface area contributed by atoms with Crippen molar-refractivity contribution >= 4 is 56.1 Å². The molecule has 0 bridgehead atoms. The van der Waals surface area contributed by atoms with Crippen molar-refractivity contribution in [3.05, 3.63) is 108 Å². The van der Waals surface area contributed by atoms with Crippen molar-refractivity contribution in [2.24, 2.45) is 4.99 Å². The second kappa shape index (κ2) is 8.25. The lowest BCUT2D eigenvalue weighted by Crippen LogP contribution is -2.29. The van der Waals surface area contributed by atoms with Gasteiger partial charge in [-0.3, -0.25) is 9.69 Å². The van der Waals surface area contributed by atoms with Crippen LogP contribution in [0.3, 0.4) is 0 Å². The molecule has 0 atom stereocenters. The van der Waals surface area contributed by atoms with E-state index in [9.17, 15) is 4.79 Å². The van der Waals surface area contributed by atoms with Gasteiger partial charge < -0.3 is 0 Å². The Hall–Kier alpha value is -3.63. The van der Waals surface area contributed by atoms with Crippen LogP contribution in [0.25, 0.3) is 27.6 Å². The van der Waals surface area contributed by atoms with Crippen LogP contribution in [0.5, 0.6) is 0 Å². The predicted molar refractivity (Wildman–Crippen MR) is 132 cm³/mol. The molecule has 150 valence electrons. The van der Waals surface area contributed by atoms with Crippen LogP contribution < -0.4 is 0 Å². The number of carbonyl (C=O) groups is 1. The maximum atomic E-state index is 13.3. The first-order valence-corrected chi connectivity index (χ1v) is 10.9. The van der Waals surface area contributed by atoms with Crippen molar-refractivity contribution in [1.29, 1.82) is 0 Å². The van der Waals surface area contributed by atoms with Gasteiger partial charge in [-0.1, -0.05) is 72.8 Å². The zero-order valence-electron chi connectivity index (χ0n) is 16.9. The van der Waals surface area contributed by atoms with E-state index >= 15 is 0 Å². The number of benzene rings is 4. The first-order valence-electron chi connectivity index (χ1n) is 10.1. The zero-order chi connectivity index (χ0) is 21.2. The molecule has 0 aromatic heterocycles. The van der Waals surface area contributed by atoms with Gasteiger partial charge in [-0.2, -0.15) is 0 Å². The van der Waals surface area contributed by atoms with E-state index < -0.39 is 0 Å². The molecular formula is C27H20N2OS. The fourth-order valence-corrected chi connectivity index (χ4v) is 4.82. The van der Waals surface area contributed by atoms with E-state index in [4.69, 9.17) is 4.99 Å². The number of para-hydroxylation sites is 1. The van der Waals surface area contributed by atoms with Crippen molar-refractivity contribution in [3.63, 3.8) is 0 Å². The smallest absolute Gasteiger partial charge is 0.267 e. The van der Waals surface area contributed by atoms with Gasteiger partial charge in [-0.15, -0.1) is 6.58 Å². The number of amidine groups is 1. The predicted octanol–water partition coefficient (Wildman–Crippen LogP) is 6.78. The summed E-state index contributed by atoms with van der Waals surface area (Å²) in [7, 11) is 0. The van der Waals surface area contributed by atoms with Crippen molar-refractivity contribution < 1.29 is 4.79 Å². The molecular weight excluding hydrogens is 400 g/mol. The van der Waals surface area contributed by atoms with Crippen molar-refractivity contribution in [2.45, 2.75) is 0 Å². The van der Waals surface area contributed by atoms with Crippen LogP contribution in [-0.4, -0.2) is 22.5 Å². The van der Waals surface area contributed by atoms with Crippen molar-refractivity contribution in [3.8, 4) is 0 Å². The van der Waals surface area contributed by atoms with E-state index in [-0.39, 0.29) is 5.91 Å². The van der Waals surface area contributed by atoms with E-state index in [1.54, 1.807) is 11.0 Å². The molecule has 1 fully saturated rings. The van der Waals surface area contributed by atoms with Gasteiger partial charge >= 0.3 is 0 Å². The van der Waals surface area contributed by atoms with Crippen molar-refractivity contribution in [2.75, 3.05) is 6.54 Å². The fraction of sp³-hybridized carbons (Fsp3) is 0.0370. The summed E-state index contributed by atoms with van der Waals surface area (Å²) in [5, 5.41) is 5.25. The van der Waals surface area contributed by atoms with Crippen LogP contribution in [0, 0.1) is 0 Å². The Morgan fingerprint density at radius 1 is 0.871 bits per heavy atom.